The maximum absolute atomic E-state index is 13.4. The highest BCUT2D eigenvalue weighted by atomic mass is 35.5. The average molecular weight is 465 g/mol. The van der Waals surface area contributed by atoms with Crippen LogP contribution in [0.3, 0.4) is 0 Å². The Morgan fingerprint density at radius 1 is 0.812 bits per heavy atom. The van der Waals surface area contributed by atoms with E-state index in [9.17, 15) is 18.4 Å². The summed E-state index contributed by atoms with van der Waals surface area (Å²) in [4.78, 5) is 22.4. The zero-order chi connectivity index (χ0) is 24.3. The molecular weight excluding hydrogens is 438 g/mol. The molecule has 32 heavy (non-hydrogen) atoms. The molecule has 0 saturated heterocycles. The molecule has 0 bridgehead atoms. The Labute approximate surface area is 192 Å². The molecular formula is C25H27ClF2O4. The molecule has 7 heteroatoms. The van der Waals surface area contributed by atoms with Crippen LogP contribution in [0, 0.1) is 11.6 Å². The summed E-state index contributed by atoms with van der Waals surface area (Å²) in [5, 5.41) is 0. The van der Waals surface area contributed by atoms with Gasteiger partial charge in [-0.2, -0.15) is 0 Å². The summed E-state index contributed by atoms with van der Waals surface area (Å²) in [6.07, 6.45) is 4.73. The summed E-state index contributed by atoms with van der Waals surface area (Å²) in [5.74, 6) is -1.77. The Balaban J connectivity index is 0.000000320. The first-order chi connectivity index (χ1) is 15.1. The average Bonchev–Trinajstić information content (AvgIpc) is 2.77. The summed E-state index contributed by atoms with van der Waals surface area (Å²) in [6, 6.07) is 8.26. The van der Waals surface area contributed by atoms with Gasteiger partial charge in [0.15, 0.2) is 0 Å². The van der Waals surface area contributed by atoms with Crippen LogP contribution in [-0.2, 0) is 21.9 Å². The van der Waals surface area contributed by atoms with Crippen LogP contribution in [0.2, 0.25) is 0 Å². The summed E-state index contributed by atoms with van der Waals surface area (Å²) in [6.45, 7) is 7.74. The van der Waals surface area contributed by atoms with Crippen molar-refractivity contribution in [1.29, 1.82) is 0 Å². The molecule has 2 aromatic rings. The minimum absolute atomic E-state index is 0.244. The molecule has 0 amide bonds. The van der Waals surface area contributed by atoms with Crippen molar-refractivity contribution in [1.82, 2.24) is 0 Å². The number of benzene rings is 2. The number of ether oxygens (including phenoxy) is 1. The van der Waals surface area contributed by atoms with Crippen molar-refractivity contribution in [2.24, 2.45) is 0 Å². The number of allylic oxidation sites excluding steroid dienone is 4. The molecule has 0 saturated carbocycles. The maximum Gasteiger partial charge on any atom is 0.356 e. The van der Waals surface area contributed by atoms with E-state index in [4.69, 9.17) is 11.9 Å². The van der Waals surface area contributed by atoms with Crippen LogP contribution in [0.1, 0.15) is 59.5 Å². The van der Waals surface area contributed by atoms with Gasteiger partial charge < -0.3 is 9.03 Å². The highest BCUT2D eigenvalue weighted by molar-refractivity contribution is 6.15. The molecule has 0 unspecified atom stereocenters. The fraction of sp³-hybridized carbons (Fsp3) is 0.280. The number of methoxy groups -OCH3 is 1. The number of rotatable bonds is 6. The number of carbonyl (C=O) groups excluding carboxylic acids is 2. The zero-order valence-electron chi connectivity index (χ0n) is 18.8. The van der Waals surface area contributed by atoms with Gasteiger partial charge in [-0.3, -0.25) is 0 Å². The van der Waals surface area contributed by atoms with Gasteiger partial charge in [-0.15, -0.1) is 0 Å². The van der Waals surface area contributed by atoms with Gasteiger partial charge in [0.1, 0.15) is 23.5 Å². The molecule has 0 atom stereocenters. The van der Waals surface area contributed by atoms with Crippen molar-refractivity contribution in [3.63, 3.8) is 0 Å². The molecule has 0 heterocycles. The molecule has 0 aromatic heterocycles. The molecule has 4 nitrogen and oxygen atoms in total. The van der Waals surface area contributed by atoms with E-state index >= 15 is 0 Å². The lowest BCUT2D eigenvalue weighted by Crippen LogP contribution is -2.03. The van der Waals surface area contributed by atoms with E-state index in [1.54, 1.807) is 0 Å². The molecule has 0 spiro atoms. The van der Waals surface area contributed by atoms with Crippen LogP contribution < -0.4 is 0 Å². The van der Waals surface area contributed by atoms with E-state index in [0.717, 1.165) is 11.1 Å². The van der Waals surface area contributed by atoms with E-state index in [2.05, 4.69) is 9.03 Å². The van der Waals surface area contributed by atoms with E-state index < -0.39 is 11.9 Å². The van der Waals surface area contributed by atoms with Gasteiger partial charge in [0, 0.05) is 0 Å². The van der Waals surface area contributed by atoms with Gasteiger partial charge in [0.25, 0.3) is 0 Å². The van der Waals surface area contributed by atoms with Crippen LogP contribution in [-0.4, -0.2) is 19.0 Å². The Morgan fingerprint density at radius 3 is 1.56 bits per heavy atom. The van der Waals surface area contributed by atoms with Gasteiger partial charge in [-0.05, 0) is 88.1 Å². The van der Waals surface area contributed by atoms with Gasteiger partial charge in [-0.25, -0.2) is 18.4 Å². The Kier molecular flexibility index (Phi) is 11.3. The molecule has 0 radical (unpaired) electrons. The Hall–Kier alpha value is -2.99. The van der Waals surface area contributed by atoms with E-state index in [1.165, 1.54) is 43.5 Å². The third kappa shape index (κ3) is 9.02. The predicted molar refractivity (Wildman–Crippen MR) is 122 cm³/mol. The van der Waals surface area contributed by atoms with Gasteiger partial charge >= 0.3 is 11.9 Å². The SMILES string of the molecule is CC(C)=CCc1cc(C(=O)OCl)ccc1F.COC(=O)c1ccc(F)c(CC=C(C)C)c1. The van der Waals surface area contributed by atoms with Crippen molar-refractivity contribution >= 4 is 23.8 Å². The topological polar surface area (TPSA) is 52.6 Å². The normalized spacial score (nSPS) is 9.75. The molecule has 0 aliphatic heterocycles. The van der Waals surface area contributed by atoms with E-state index in [1.807, 2.05) is 39.8 Å². The summed E-state index contributed by atoms with van der Waals surface area (Å²) in [5.41, 5.74) is 3.77. The first-order valence-corrected chi connectivity index (χ1v) is 10.1. The summed E-state index contributed by atoms with van der Waals surface area (Å²) in [7, 11) is 1.31. The second kappa shape index (κ2) is 13.4. The zero-order valence-corrected chi connectivity index (χ0v) is 19.6. The fourth-order valence-electron chi connectivity index (χ4n) is 2.51. The number of halogens is 3. The van der Waals surface area contributed by atoms with Crippen LogP contribution >= 0.6 is 11.9 Å². The van der Waals surface area contributed by atoms with E-state index in [0.29, 0.717) is 29.5 Å². The molecule has 0 N–H and O–H groups in total. The monoisotopic (exact) mass is 464 g/mol. The largest absolute Gasteiger partial charge is 0.465 e. The number of hydrogen-bond donors (Lipinski definition) is 0. The minimum Gasteiger partial charge on any atom is -0.465 e. The quantitative estimate of drug-likeness (QED) is 0.350. The third-order valence-corrected chi connectivity index (χ3v) is 4.42. The number of hydrogen-bond acceptors (Lipinski definition) is 4. The van der Waals surface area contributed by atoms with E-state index in [-0.39, 0.29) is 17.2 Å². The predicted octanol–water partition coefficient (Wildman–Crippen LogP) is 6.77. The molecule has 2 aromatic carbocycles. The van der Waals surface area contributed by atoms with Crippen molar-refractivity contribution < 1.29 is 27.4 Å². The second-order valence-corrected chi connectivity index (χ2v) is 7.59. The van der Waals surface area contributed by atoms with Crippen LogP contribution in [0.4, 0.5) is 8.78 Å². The lowest BCUT2D eigenvalue weighted by Gasteiger charge is -2.04. The molecule has 0 fully saturated rings. The van der Waals surface area contributed by atoms with Crippen molar-refractivity contribution in [3.05, 3.63) is 93.6 Å². The molecule has 172 valence electrons. The van der Waals surface area contributed by atoms with Gasteiger partial charge in [-0.1, -0.05) is 23.3 Å². The van der Waals surface area contributed by atoms with Crippen molar-refractivity contribution in [2.45, 2.75) is 40.5 Å². The molecule has 0 aliphatic rings. The first-order valence-electron chi connectivity index (χ1n) is 9.83. The molecule has 2 rings (SSSR count). The van der Waals surface area contributed by atoms with Crippen LogP contribution in [0.5, 0.6) is 0 Å². The number of esters is 1. The highest BCUT2D eigenvalue weighted by Gasteiger charge is 2.10. The maximum atomic E-state index is 13.4. The van der Waals surface area contributed by atoms with Gasteiger partial charge in [0.05, 0.1) is 18.2 Å². The third-order valence-electron chi connectivity index (χ3n) is 4.28. The second-order valence-electron chi connectivity index (χ2n) is 7.44. The van der Waals surface area contributed by atoms with Crippen LogP contribution in [0.25, 0.3) is 0 Å². The van der Waals surface area contributed by atoms with Gasteiger partial charge in [0.2, 0.25) is 0 Å². The lowest BCUT2D eigenvalue weighted by molar-refractivity contribution is 0.0600. The fourth-order valence-corrected chi connectivity index (χ4v) is 2.60. The minimum atomic E-state index is -0.680. The Bertz CT molecular complexity index is 923. The Morgan fingerprint density at radius 2 is 1.22 bits per heavy atom. The van der Waals surface area contributed by atoms with Crippen LogP contribution in [0.15, 0.2) is 59.7 Å². The number of carbonyl (C=O) groups is 2. The highest BCUT2D eigenvalue weighted by Crippen LogP contribution is 2.15. The standard InChI is InChI=1S/C13H15FO2.C12H12ClFO2/c1-9(2)4-5-10-8-11(13(15)16-3)6-7-12(10)14;1-8(2)3-4-9-7-10(12(15)16-13)5-6-11(9)14/h4,6-8H,5H2,1-3H3;3,5-7H,4H2,1-2H3. The molecule has 0 aliphatic carbocycles. The van der Waals surface area contributed by atoms with Crippen molar-refractivity contribution in [2.75, 3.05) is 7.11 Å². The lowest BCUT2D eigenvalue weighted by atomic mass is 10.1. The summed E-state index contributed by atoms with van der Waals surface area (Å²) >= 11 is 4.95. The smallest absolute Gasteiger partial charge is 0.356 e. The first kappa shape index (κ1) is 27.0. The summed E-state index contributed by atoms with van der Waals surface area (Å²) < 4.78 is 35.4. The van der Waals surface area contributed by atoms with Crippen molar-refractivity contribution in [3.8, 4) is 0 Å².